The van der Waals surface area contributed by atoms with E-state index in [9.17, 15) is 9.59 Å². The molecule has 16 heavy (non-hydrogen) atoms. The van der Waals surface area contributed by atoms with Crippen LogP contribution in [0.1, 0.15) is 25.1 Å². The lowest BCUT2D eigenvalue weighted by atomic mass is 10.1. The standard InChI is InChI=1S/C11H15N3O2/c1-13-8-6-12-9(13)5-7-14-10(15)3-2-4-11(14)16/h6,8H,2-5,7H2,1H3. The highest BCUT2D eigenvalue weighted by molar-refractivity contribution is 5.97. The minimum Gasteiger partial charge on any atom is -0.338 e. The number of piperidine rings is 1. The molecule has 1 saturated heterocycles. The van der Waals surface area contributed by atoms with Crippen molar-refractivity contribution in [2.75, 3.05) is 6.54 Å². The van der Waals surface area contributed by atoms with E-state index >= 15 is 0 Å². The number of hydrogen-bond acceptors (Lipinski definition) is 3. The number of likely N-dealkylation sites (tertiary alicyclic amines) is 1. The van der Waals surface area contributed by atoms with Crippen LogP contribution in [0.3, 0.4) is 0 Å². The highest BCUT2D eigenvalue weighted by atomic mass is 16.2. The lowest BCUT2D eigenvalue weighted by Gasteiger charge is -2.24. The first-order valence-corrected chi connectivity index (χ1v) is 5.48. The molecule has 0 bridgehead atoms. The van der Waals surface area contributed by atoms with E-state index in [-0.39, 0.29) is 11.8 Å². The molecule has 0 aromatic carbocycles. The van der Waals surface area contributed by atoms with Gasteiger partial charge in [-0.1, -0.05) is 0 Å². The van der Waals surface area contributed by atoms with Gasteiger partial charge in [0, 0.05) is 45.2 Å². The van der Waals surface area contributed by atoms with Crippen LogP contribution in [0.2, 0.25) is 0 Å². The fourth-order valence-electron chi connectivity index (χ4n) is 1.90. The van der Waals surface area contributed by atoms with Gasteiger partial charge in [0.25, 0.3) is 0 Å². The van der Waals surface area contributed by atoms with Crippen LogP contribution < -0.4 is 0 Å². The van der Waals surface area contributed by atoms with Gasteiger partial charge in [-0.25, -0.2) is 4.98 Å². The van der Waals surface area contributed by atoms with Crippen LogP contribution in [0.25, 0.3) is 0 Å². The van der Waals surface area contributed by atoms with Crippen LogP contribution in [0.4, 0.5) is 0 Å². The fraction of sp³-hybridized carbons (Fsp3) is 0.545. The smallest absolute Gasteiger partial charge is 0.229 e. The van der Waals surface area contributed by atoms with Crippen LogP contribution in [-0.4, -0.2) is 32.8 Å². The highest BCUT2D eigenvalue weighted by Crippen LogP contribution is 2.12. The summed E-state index contributed by atoms with van der Waals surface area (Å²) in [5, 5.41) is 0. The molecule has 1 aromatic rings. The molecular weight excluding hydrogens is 206 g/mol. The number of imide groups is 1. The summed E-state index contributed by atoms with van der Waals surface area (Å²) in [7, 11) is 1.90. The van der Waals surface area contributed by atoms with Gasteiger partial charge < -0.3 is 4.57 Å². The van der Waals surface area contributed by atoms with Crippen molar-refractivity contribution in [2.45, 2.75) is 25.7 Å². The molecule has 2 rings (SSSR count). The van der Waals surface area contributed by atoms with E-state index in [1.165, 1.54) is 4.90 Å². The predicted octanol–water partition coefficient (Wildman–Crippen LogP) is 0.502. The molecule has 5 heteroatoms. The molecule has 1 aromatic heterocycles. The van der Waals surface area contributed by atoms with Gasteiger partial charge in [-0.05, 0) is 6.42 Å². The van der Waals surface area contributed by atoms with Gasteiger partial charge in [0.2, 0.25) is 11.8 Å². The Balaban J connectivity index is 1.96. The van der Waals surface area contributed by atoms with E-state index in [0.717, 1.165) is 5.82 Å². The van der Waals surface area contributed by atoms with Gasteiger partial charge in [-0.2, -0.15) is 0 Å². The molecule has 0 radical (unpaired) electrons. The first-order valence-electron chi connectivity index (χ1n) is 5.48. The largest absolute Gasteiger partial charge is 0.338 e. The lowest BCUT2D eigenvalue weighted by Crippen LogP contribution is -2.41. The number of imidazole rings is 1. The normalized spacial score (nSPS) is 16.9. The second kappa shape index (κ2) is 4.47. The van der Waals surface area contributed by atoms with Crippen LogP contribution in [0, 0.1) is 0 Å². The quantitative estimate of drug-likeness (QED) is 0.698. The van der Waals surface area contributed by atoms with Gasteiger partial charge in [0.1, 0.15) is 5.82 Å². The third-order valence-electron chi connectivity index (χ3n) is 2.86. The minimum atomic E-state index is -0.0505. The zero-order valence-corrected chi connectivity index (χ0v) is 9.35. The third kappa shape index (κ3) is 2.13. The SMILES string of the molecule is Cn1ccnc1CCN1C(=O)CCCC1=O. The molecular formula is C11H15N3O2. The van der Waals surface area contributed by atoms with Crippen molar-refractivity contribution in [1.29, 1.82) is 0 Å². The number of rotatable bonds is 3. The minimum absolute atomic E-state index is 0.0505. The maximum absolute atomic E-state index is 11.5. The molecule has 0 aliphatic carbocycles. The van der Waals surface area contributed by atoms with Gasteiger partial charge in [-0.3, -0.25) is 14.5 Å². The molecule has 5 nitrogen and oxygen atoms in total. The van der Waals surface area contributed by atoms with Gasteiger partial charge in [-0.15, -0.1) is 0 Å². The predicted molar refractivity (Wildman–Crippen MR) is 57.5 cm³/mol. The van der Waals surface area contributed by atoms with Gasteiger partial charge in [0.05, 0.1) is 0 Å². The lowest BCUT2D eigenvalue weighted by molar-refractivity contribution is -0.147. The number of amides is 2. The maximum atomic E-state index is 11.5. The Morgan fingerprint density at radius 3 is 2.56 bits per heavy atom. The average molecular weight is 221 g/mol. The van der Waals surface area contributed by atoms with Crippen molar-refractivity contribution < 1.29 is 9.59 Å². The maximum Gasteiger partial charge on any atom is 0.229 e. The molecule has 0 atom stereocenters. The molecule has 0 spiro atoms. The summed E-state index contributed by atoms with van der Waals surface area (Å²) >= 11 is 0. The number of nitrogens with zero attached hydrogens (tertiary/aromatic N) is 3. The molecule has 0 saturated carbocycles. The van der Waals surface area contributed by atoms with Crippen LogP contribution in [0.5, 0.6) is 0 Å². The number of hydrogen-bond donors (Lipinski definition) is 0. The van der Waals surface area contributed by atoms with Crippen molar-refractivity contribution in [3.05, 3.63) is 18.2 Å². The summed E-state index contributed by atoms with van der Waals surface area (Å²) in [5.41, 5.74) is 0. The highest BCUT2D eigenvalue weighted by Gasteiger charge is 2.25. The Bertz CT molecular complexity index is 395. The Morgan fingerprint density at radius 2 is 2.00 bits per heavy atom. The zero-order valence-electron chi connectivity index (χ0n) is 9.35. The number of carbonyl (C=O) groups is 2. The molecule has 0 N–H and O–H groups in total. The second-order valence-corrected chi connectivity index (χ2v) is 4.00. The molecule has 0 unspecified atom stereocenters. The van der Waals surface area contributed by atoms with Crippen LogP contribution >= 0.6 is 0 Å². The van der Waals surface area contributed by atoms with Crippen molar-refractivity contribution in [3.63, 3.8) is 0 Å². The van der Waals surface area contributed by atoms with Gasteiger partial charge in [0.15, 0.2) is 0 Å². The summed E-state index contributed by atoms with van der Waals surface area (Å²) in [6.07, 6.45) is 5.88. The summed E-state index contributed by atoms with van der Waals surface area (Å²) in [6.45, 7) is 0.447. The monoisotopic (exact) mass is 221 g/mol. The van der Waals surface area contributed by atoms with E-state index in [1.54, 1.807) is 6.20 Å². The summed E-state index contributed by atoms with van der Waals surface area (Å²) in [5.74, 6) is 0.794. The van der Waals surface area contributed by atoms with Gasteiger partial charge >= 0.3 is 0 Å². The summed E-state index contributed by atoms with van der Waals surface area (Å²) < 4.78 is 1.90. The Morgan fingerprint density at radius 1 is 1.31 bits per heavy atom. The van der Waals surface area contributed by atoms with Crippen molar-refractivity contribution in [1.82, 2.24) is 14.5 Å². The van der Waals surface area contributed by atoms with E-state index in [4.69, 9.17) is 0 Å². The molecule has 1 aliphatic heterocycles. The Labute approximate surface area is 94.1 Å². The van der Waals surface area contributed by atoms with E-state index in [1.807, 2.05) is 17.8 Å². The van der Waals surface area contributed by atoms with Crippen molar-refractivity contribution in [3.8, 4) is 0 Å². The average Bonchev–Trinajstić information content (AvgIpc) is 2.64. The van der Waals surface area contributed by atoms with E-state index < -0.39 is 0 Å². The number of aromatic nitrogens is 2. The van der Waals surface area contributed by atoms with Crippen LogP contribution in [0.15, 0.2) is 12.4 Å². The first-order chi connectivity index (χ1) is 7.68. The molecule has 86 valence electrons. The van der Waals surface area contributed by atoms with Crippen molar-refractivity contribution in [2.24, 2.45) is 7.05 Å². The third-order valence-corrected chi connectivity index (χ3v) is 2.86. The molecule has 2 amide bonds. The second-order valence-electron chi connectivity index (χ2n) is 4.00. The summed E-state index contributed by atoms with van der Waals surface area (Å²) in [4.78, 5) is 28.6. The number of aryl methyl sites for hydroxylation is 1. The fourth-order valence-corrected chi connectivity index (χ4v) is 1.90. The molecule has 1 aliphatic rings. The zero-order chi connectivity index (χ0) is 11.5. The topological polar surface area (TPSA) is 55.2 Å². The molecule has 2 heterocycles. The van der Waals surface area contributed by atoms with Crippen LogP contribution in [-0.2, 0) is 23.1 Å². The Kier molecular flexibility index (Phi) is 3.03. The first kappa shape index (κ1) is 10.9. The molecule has 1 fully saturated rings. The number of carbonyl (C=O) groups excluding carboxylic acids is 2. The van der Waals surface area contributed by atoms with Crippen molar-refractivity contribution >= 4 is 11.8 Å². The summed E-state index contributed by atoms with van der Waals surface area (Å²) in [6, 6.07) is 0. The van der Waals surface area contributed by atoms with E-state index in [0.29, 0.717) is 32.2 Å². The van der Waals surface area contributed by atoms with E-state index in [2.05, 4.69) is 4.98 Å². The Hall–Kier alpha value is -1.65.